The molecule has 0 aliphatic carbocycles. The molecule has 21 heavy (non-hydrogen) atoms. The molecule has 1 fully saturated rings. The van der Waals surface area contributed by atoms with Gasteiger partial charge in [-0.05, 0) is 37.8 Å². The van der Waals surface area contributed by atoms with Crippen molar-refractivity contribution in [3.05, 3.63) is 35.1 Å². The van der Waals surface area contributed by atoms with Crippen molar-refractivity contribution < 1.29 is 18.0 Å². The van der Waals surface area contributed by atoms with E-state index in [9.17, 15) is 18.0 Å². The SMILES string of the molecule is CC(N)C1CCN(C(=O)c2ccc(F)c(F)c2F)CC1.Cl. The van der Waals surface area contributed by atoms with E-state index in [0.717, 1.165) is 25.0 Å². The van der Waals surface area contributed by atoms with Gasteiger partial charge in [0.05, 0.1) is 5.56 Å². The minimum absolute atomic E-state index is 0. The van der Waals surface area contributed by atoms with E-state index in [1.807, 2.05) is 6.92 Å². The number of hydrogen-bond donors (Lipinski definition) is 1. The predicted octanol–water partition coefficient (Wildman–Crippen LogP) is 2.73. The normalized spacial score (nSPS) is 17.3. The number of halogens is 4. The predicted molar refractivity (Wildman–Crippen MR) is 75.8 cm³/mol. The number of amides is 1. The average Bonchev–Trinajstić information content (AvgIpc) is 2.44. The first-order valence-corrected chi connectivity index (χ1v) is 6.60. The van der Waals surface area contributed by atoms with Gasteiger partial charge in [0, 0.05) is 19.1 Å². The standard InChI is InChI=1S/C14H17F3N2O.ClH/c1-8(18)9-4-6-19(7-5-9)14(20)10-2-3-11(15)13(17)12(10)16;/h2-3,8-9H,4-7,18H2,1H3;1H. The molecule has 0 spiro atoms. The van der Waals surface area contributed by atoms with Crippen LogP contribution in [0.5, 0.6) is 0 Å². The Morgan fingerprint density at radius 1 is 1.24 bits per heavy atom. The lowest BCUT2D eigenvalue weighted by Gasteiger charge is -2.33. The quantitative estimate of drug-likeness (QED) is 0.851. The third-order valence-corrected chi connectivity index (χ3v) is 3.84. The summed E-state index contributed by atoms with van der Waals surface area (Å²) >= 11 is 0. The highest BCUT2D eigenvalue weighted by Gasteiger charge is 2.28. The maximum atomic E-state index is 13.6. The molecule has 1 aliphatic rings. The maximum absolute atomic E-state index is 13.6. The average molecular weight is 323 g/mol. The minimum Gasteiger partial charge on any atom is -0.339 e. The molecule has 1 saturated heterocycles. The molecular formula is C14H18ClF3N2O. The molecule has 0 saturated carbocycles. The van der Waals surface area contributed by atoms with E-state index in [2.05, 4.69) is 0 Å². The van der Waals surface area contributed by atoms with Gasteiger partial charge in [-0.25, -0.2) is 13.2 Å². The van der Waals surface area contributed by atoms with Crippen molar-refractivity contribution in [1.29, 1.82) is 0 Å². The van der Waals surface area contributed by atoms with Crippen LogP contribution < -0.4 is 5.73 Å². The molecule has 3 nitrogen and oxygen atoms in total. The zero-order chi connectivity index (χ0) is 14.9. The number of hydrogen-bond acceptors (Lipinski definition) is 2. The van der Waals surface area contributed by atoms with Gasteiger partial charge in [-0.2, -0.15) is 0 Å². The number of likely N-dealkylation sites (tertiary alicyclic amines) is 1. The van der Waals surface area contributed by atoms with Crippen LogP contribution in [-0.4, -0.2) is 29.9 Å². The van der Waals surface area contributed by atoms with Gasteiger partial charge < -0.3 is 10.6 Å². The number of nitrogens with zero attached hydrogens (tertiary/aromatic N) is 1. The van der Waals surface area contributed by atoms with Gasteiger partial charge in [-0.1, -0.05) is 0 Å². The summed E-state index contributed by atoms with van der Waals surface area (Å²) in [7, 11) is 0. The highest BCUT2D eigenvalue weighted by atomic mass is 35.5. The summed E-state index contributed by atoms with van der Waals surface area (Å²) in [5.41, 5.74) is 5.38. The van der Waals surface area contributed by atoms with Crippen molar-refractivity contribution in [3.8, 4) is 0 Å². The summed E-state index contributed by atoms with van der Waals surface area (Å²) < 4.78 is 39.6. The van der Waals surface area contributed by atoms with Crippen LogP contribution in [0.3, 0.4) is 0 Å². The molecule has 1 aromatic rings. The van der Waals surface area contributed by atoms with Crippen LogP contribution in [0.1, 0.15) is 30.1 Å². The first kappa shape index (κ1) is 17.8. The molecule has 0 bridgehead atoms. The highest BCUT2D eigenvalue weighted by molar-refractivity contribution is 5.94. The molecule has 1 amide bonds. The highest BCUT2D eigenvalue weighted by Crippen LogP contribution is 2.23. The van der Waals surface area contributed by atoms with Crippen molar-refractivity contribution in [2.75, 3.05) is 13.1 Å². The smallest absolute Gasteiger partial charge is 0.256 e. The Bertz CT molecular complexity index is 517. The summed E-state index contributed by atoms with van der Waals surface area (Å²) in [5.74, 6) is -4.61. The van der Waals surface area contributed by atoms with Gasteiger partial charge in [0.1, 0.15) is 0 Å². The molecule has 1 aromatic carbocycles. The fourth-order valence-electron chi connectivity index (χ4n) is 2.49. The van der Waals surface area contributed by atoms with Gasteiger partial charge in [0.25, 0.3) is 5.91 Å². The molecule has 1 aliphatic heterocycles. The van der Waals surface area contributed by atoms with E-state index in [1.165, 1.54) is 4.90 Å². The summed E-state index contributed by atoms with van der Waals surface area (Å²) in [6, 6.07) is 1.79. The first-order chi connectivity index (χ1) is 9.41. The molecule has 0 radical (unpaired) electrons. The largest absolute Gasteiger partial charge is 0.339 e. The third-order valence-electron chi connectivity index (χ3n) is 3.84. The second-order valence-corrected chi connectivity index (χ2v) is 5.21. The van der Waals surface area contributed by atoms with E-state index < -0.39 is 28.9 Å². The third kappa shape index (κ3) is 3.68. The molecule has 0 aromatic heterocycles. The number of nitrogens with two attached hydrogens (primary N) is 1. The monoisotopic (exact) mass is 322 g/mol. The summed E-state index contributed by atoms with van der Waals surface area (Å²) in [6.07, 6.45) is 1.46. The van der Waals surface area contributed by atoms with Crippen LogP contribution >= 0.6 is 12.4 Å². The maximum Gasteiger partial charge on any atom is 0.256 e. The van der Waals surface area contributed by atoms with Gasteiger partial charge in [-0.3, -0.25) is 4.79 Å². The molecule has 2 N–H and O–H groups in total. The molecule has 7 heteroatoms. The Hall–Kier alpha value is -1.27. The Labute approximate surface area is 127 Å². The van der Waals surface area contributed by atoms with Crippen molar-refractivity contribution in [2.24, 2.45) is 11.7 Å². The van der Waals surface area contributed by atoms with Crippen LogP contribution in [0.4, 0.5) is 13.2 Å². The zero-order valence-electron chi connectivity index (χ0n) is 11.6. The second-order valence-electron chi connectivity index (χ2n) is 5.21. The van der Waals surface area contributed by atoms with Gasteiger partial charge >= 0.3 is 0 Å². The number of carbonyl (C=O) groups is 1. The van der Waals surface area contributed by atoms with E-state index in [0.29, 0.717) is 19.0 Å². The van der Waals surface area contributed by atoms with Crippen LogP contribution in [-0.2, 0) is 0 Å². The van der Waals surface area contributed by atoms with Crippen molar-refractivity contribution in [3.63, 3.8) is 0 Å². The second kappa shape index (κ2) is 7.13. The van der Waals surface area contributed by atoms with Crippen LogP contribution in [0.2, 0.25) is 0 Å². The number of piperidine rings is 1. The Kier molecular flexibility index (Phi) is 6.04. The number of benzene rings is 1. The van der Waals surface area contributed by atoms with E-state index in [1.54, 1.807) is 0 Å². The molecule has 2 rings (SSSR count). The van der Waals surface area contributed by atoms with E-state index in [4.69, 9.17) is 5.73 Å². The molecule has 1 atom stereocenters. The van der Waals surface area contributed by atoms with Gasteiger partial charge in [-0.15, -0.1) is 12.4 Å². The summed E-state index contributed by atoms with van der Waals surface area (Å²) in [6.45, 7) is 2.81. The van der Waals surface area contributed by atoms with Crippen molar-refractivity contribution >= 4 is 18.3 Å². The fourth-order valence-corrected chi connectivity index (χ4v) is 2.49. The lowest BCUT2D eigenvalue weighted by molar-refractivity contribution is 0.0675. The molecular weight excluding hydrogens is 305 g/mol. The van der Waals surface area contributed by atoms with Crippen LogP contribution in [0, 0.1) is 23.4 Å². The van der Waals surface area contributed by atoms with Crippen molar-refractivity contribution in [2.45, 2.75) is 25.8 Å². The number of carbonyl (C=O) groups excluding carboxylic acids is 1. The van der Waals surface area contributed by atoms with Crippen LogP contribution in [0.15, 0.2) is 12.1 Å². The van der Waals surface area contributed by atoms with E-state index in [-0.39, 0.29) is 18.4 Å². The Morgan fingerprint density at radius 2 is 1.81 bits per heavy atom. The summed E-state index contributed by atoms with van der Waals surface area (Å²) in [4.78, 5) is 13.6. The topological polar surface area (TPSA) is 46.3 Å². The summed E-state index contributed by atoms with van der Waals surface area (Å²) in [5, 5.41) is 0. The molecule has 118 valence electrons. The number of rotatable bonds is 2. The van der Waals surface area contributed by atoms with E-state index >= 15 is 0 Å². The lowest BCUT2D eigenvalue weighted by Crippen LogP contribution is -2.42. The lowest BCUT2D eigenvalue weighted by atomic mass is 9.90. The van der Waals surface area contributed by atoms with Crippen molar-refractivity contribution in [1.82, 2.24) is 4.90 Å². The Balaban J connectivity index is 0.00000220. The molecule has 1 heterocycles. The fraction of sp³-hybridized carbons (Fsp3) is 0.500. The zero-order valence-corrected chi connectivity index (χ0v) is 12.4. The van der Waals surface area contributed by atoms with Gasteiger partial charge in [0.2, 0.25) is 0 Å². The first-order valence-electron chi connectivity index (χ1n) is 6.60. The van der Waals surface area contributed by atoms with Gasteiger partial charge in [0.15, 0.2) is 17.5 Å². The Morgan fingerprint density at radius 3 is 2.33 bits per heavy atom. The molecule has 1 unspecified atom stereocenters. The minimum atomic E-state index is -1.61. The van der Waals surface area contributed by atoms with Crippen LogP contribution in [0.25, 0.3) is 0 Å².